The smallest absolute Gasteiger partial charge is 0.150 e. The van der Waals surface area contributed by atoms with Crippen LogP contribution in [0.1, 0.15) is 5.56 Å². The van der Waals surface area contributed by atoms with Crippen LogP contribution in [-0.2, 0) is 9.47 Å². The first-order valence-corrected chi connectivity index (χ1v) is 5.94. The first-order chi connectivity index (χ1) is 8.99. The molecule has 0 bridgehead atoms. The van der Waals surface area contributed by atoms with Crippen molar-refractivity contribution >= 4 is 22.9 Å². The van der Waals surface area contributed by atoms with Gasteiger partial charge in [-0.1, -0.05) is 12.2 Å². The van der Waals surface area contributed by atoms with Crippen LogP contribution in [0.5, 0.6) is 0 Å². The Morgan fingerprint density at radius 1 is 1.37 bits per heavy atom. The maximum Gasteiger partial charge on any atom is 0.150 e. The fourth-order valence-corrected chi connectivity index (χ4v) is 1.61. The molecule has 0 aliphatic carbocycles. The molecule has 1 aromatic rings. The predicted octanol–water partition coefficient (Wildman–Crippen LogP) is 1.67. The summed E-state index contributed by atoms with van der Waals surface area (Å²) in [7, 11) is 3.01. The second-order valence-electron chi connectivity index (χ2n) is 3.87. The number of hydrogen-bond donors (Lipinski definition) is 2. The van der Waals surface area contributed by atoms with Gasteiger partial charge in [0.15, 0.2) is 0 Å². The van der Waals surface area contributed by atoms with E-state index >= 15 is 0 Å². The first kappa shape index (κ1) is 15.7. The van der Waals surface area contributed by atoms with Gasteiger partial charge in [0.05, 0.1) is 12.7 Å². The van der Waals surface area contributed by atoms with Crippen LogP contribution in [0.25, 0.3) is 0 Å². The van der Waals surface area contributed by atoms with Crippen molar-refractivity contribution < 1.29 is 18.3 Å². The van der Waals surface area contributed by atoms with Crippen LogP contribution in [0, 0.1) is 11.6 Å². The lowest BCUT2D eigenvalue weighted by molar-refractivity contribution is 0.0365. The number of thiocarbonyl (C=S) groups is 1. The number of methoxy groups -OCH3 is 2. The van der Waals surface area contributed by atoms with Crippen molar-refractivity contribution in [1.82, 2.24) is 0 Å². The fourth-order valence-electron chi connectivity index (χ4n) is 1.50. The van der Waals surface area contributed by atoms with Crippen LogP contribution in [-0.4, -0.2) is 38.5 Å². The summed E-state index contributed by atoms with van der Waals surface area (Å²) in [5.74, 6) is -1.51. The number of hydrogen-bond acceptors (Lipinski definition) is 4. The zero-order valence-electron chi connectivity index (χ0n) is 10.7. The van der Waals surface area contributed by atoms with E-state index < -0.39 is 11.6 Å². The molecule has 1 atom stereocenters. The van der Waals surface area contributed by atoms with Gasteiger partial charge >= 0.3 is 0 Å². The number of nitrogens with one attached hydrogen (secondary N) is 1. The van der Waals surface area contributed by atoms with Gasteiger partial charge in [0.2, 0.25) is 0 Å². The predicted molar refractivity (Wildman–Crippen MR) is 73.4 cm³/mol. The number of halogens is 2. The summed E-state index contributed by atoms with van der Waals surface area (Å²) in [6.45, 7) is 0.530. The molecule has 0 radical (unpaired) electrons. The molecular weight excluding hydrogens is 274 g/mol. The van der Waals surface area contributed by atoms with Gasteiger partial charge in [-0.3, -0.25) is 0 Å². The van der Waals surface area contributed by atoms with E-state index in [1.807, 2.05) is 0 Å². The highest BCUT2D eigenvalue weighted by atomic mass is 32.1. The molecule has 1 rings (SSSR count). The molecule has 0 amide bonds. The topological polar surface area (TPSA) is 56.5 Å². The summed E-state index contributed by atoms with van der Waals surface area (Å²) in [6.07, 6.45) is -0.306. The molecule has 4 nitrogen and oxygen atoms in total. The van der Waals surface area contributed by atoms with Crippen LogP contribution < -0.4 is 11.1 Å². The zero-order valence-corrected chi connectivity index (χ0v) is 11.5. The Morgan fingerprint density at radius 2 is 1.95 bits per heavy atom. The standard InChI is InChI=1S/C12H16F2N2O2S/c1-17-6-8(18-2)5-16-11-9(13)3-7(12(15)19)4-10(11)14/h3-4,8,16H,5-6H2,1-2H3,(H2,15,19). The second kappa shape index (κ2) is 7.32. The van der Waals surface area contributed by atoms with Gasteiger partial charge in [0.1, 0.15) is 22.3 Å². The summed E-state index contributed by atoms with van der Waals surface area (Å²) >= 11 is 4.67. The van der Waals surface area contributed by atoms with Gasteiger partial charge in [0.25, 0.3) is 0 Å². The monoisotopic (exact) mass is 290 g/mol. The number of rotatable bonds is 7. The largest absolute Gasteiger partial charge is 0.389 e. The molecule has 106 valence electrons. The van der Waals surface area contributed by atoms with E-state index in [-0.39, 0.29) is 28.9 Å². The highest BCUT2D eigenvalue weighted by Gasteiger charge is 2.14. The van der Waals surface area contributed by atoms with Crippen molar-refractivity contribution in [2.45, 2.75) is 6.10 Å². The molecule has 1 aromatic carbocycles. The summed E-state index contributed by atoms with van der Waals surface area (Å²) in [6, 6.07) is 2.18. The molecule has 7 heteroatoms. The molecule has 19 heavy (non-hydrogen) atoms. The van der Waals surface area contributed by atoms with E-state index in [0.717, 1.165) is 12.1 Å². The second-order valence-corrected chi connectivity index (χ2v) is 4.31. The minimum atomic E-state index is -0.755. The van der Waals surface area contributed by atoms with Gasteiger partial charge < -0.3 is 20.5 Å². The SMILES string of the molecule is COCC(CNc1c(F)cc(C(N)=S)cc1F)OC. The fraction of sp³-hybridized carbons (Fsp3) is 0.417. The normalized spacial score (nSPS) is 12.2. The molecule has 3 N–H and O–H groups in total. The third-order valence-electron chi connectivity index (χ3n) is 2.52. The quantitative estimate of drug-likeness (QED) is 0.748. The number of nitrogens with two attached hydrogens (primary N) is 1. The van der Waals surface area contributed by atoms with Crippen molar-refractivity contribution in [1.29, 1.82) is 0 Å². The summed E-state index contributed by atoms with van der Waals surface area (Å²) in [5, 5.41) is 2.64. The molecule has 0 saturated heterocycles. The summed E-state index contributed by atoms with van der Waals surface area (Å²) in [4.78, 5) is -0.0569. The number of benzene rings is 1. The lowest BCUT2D eigenvalue weighted by Crippen LogP contribution is -2.27. The molecule has 0 aromatic heterocycles. The van der Waals surface area contributed by atoms with Gasteiger partial charge in [0, 0.05) is 26.3 Å². The van der Waals surface area contributed by atoms with Crippen LogP contribution in [0.15, 0.2) is 12.1 Å². The molecule has 0 spiro atoms. The Kier molecular flexibility index (Phi) is 6.07. The lowest BCUT2D eigenvalue weighted by atomic mass is 10.2. The minimum Gasteiger partial charge on any atom is -0.389 e. The molecule has 0 saturated carbocycles. The third-order valence-corrected chi connectivity index (χ3v) is 2.75. The maximum absolute atomic E-state index is 13.7. The average Bonchev–Trinajstić information content (AvgIpc) is 2.36. The Morgan fingerprint density at radius 3 is 2.37 bits per heavy atom. The first-order valence-electron chi connectivity index (χ1n) is 5.54. The van der Waals surface area contributed by atoms with Gasteiger partial charge in [-0.2, -0.15) is 0 Å². The molecule has 1 unspecified atom stereocenters. The van der Waals surface area contributed by atoms with E-state index in [9.17, 15) is 8.78 Å². The highest BCUT2D eigenvalue weighted by molar-refractivity contribution is 7.80. The highest BCUT2D eigenvalue weighted by Crippen LogP contribution is 2.21. The van der Waals surface area contributed by atoms with Gasteiger partial charge in [-0.15, -0.1) is 0 Å². The van der Waals surface area contributed by atoms with E-state index in [1.165, 1.54) is 14.2 Å². The third kappa shape index (κ3) is 4.38. The number of anilines is 1. The van der Waals surface area contributed by atoms with Crippen molar-refractivity contribution in [2.24, 2.45) is 5.73 Å². The Labute approximate surface area is 115 Å². The molecule has 0 fully saturated rings. The van der Waals surface area contributed by atoms with Crippen LogP contribution >= 0.6 is 12.2 Å². The minimum absolute atomic E-state index is 0.0569. The van der Waals surface area contributed by atoms with E-state index in [4.69, 9.17) is 15.2 Å². The molecular formula is C12H16F2N2O2S. The van der Waals surface area contributed by atoms with Crippen molar-refractivity contribution in [3.63, 3.8) is 0 Å². The van der Waals surface area contributed by atoms with Crippen LogP contribution in [0.2, 0.25) is 0 Å². The van der Waals surface area contributed by atoms with E-state index in [0.29, 0.717) is 6.61 Å². The van der Waals surface area contributed by atoms with Crippen molar-refractivity contribution in [2.75, 3.05) is 32.7 Å². The Bertz CT molecular complexity index is 434. The van der Waals surface area contributed by atoms with Crippen LogP contribution in [0.3, 0.4) is 0 Å². The summed E-state index contributed by atoms with van der Waals surface area (Å²) < 4.78 is 37.4. The zero-order chi connectivity index (χ0) is 14.4. The molecule has 0 heterocycles. The molecule has 0 aliphatic rings. The summed E-state index contributed by atoms with van der Waals surface area (Å²) in [5.41, 5.74) is 5.24. The van der Waals surface area contributed by atoms with E-state index in [2.05, 4.69) is 17.5 Å². The van der Waals surface area contributed by atoms with Crippen molar-refractivity contribution in [3.8, 4) is 0 Å². The molecule has 0 aliphatic heterocycles. The van der Waals surface area contributed by atoms with Gasteiger partial charge in [-0.05, 0) is 12.1 Å². The lowest BCUT2D eigenvalue weighted by Gasteiger charge is -2.17. The van der Waals surface area contributed by atoms with Crippen molar-refractivity contribution in [3.05, 3.63) is 29.3 Å². The Balaban J connectivity index is 2.81. The van der Waals surface area contributed by atoms with E-state index in [1.54, 1.807) is 0 Å². The van der Waals surface area contributed by atoms with Crippen LogP contribution in [0.4, 0.5) is 14.5 Å². The Hall–Kier alpha value is -1.31. The maximum atomic E-state index is 13.7. The average molecular weight is 290 g/mol. The van der Waals surface area contributed by atoms with Gasteiger partial charge in [-0.25, -0.2) is 8.78 Å². The number of ether oxygens (including phenoxy) is 2.